The first-order valence-corrected chi connectivity index (χ1v) is 11.2. The van der Waals surface area contributed by atoms with Gasteiger partial charge in [0.15, 0.2) is 11.5 Å². The van der Waals surface area contributed by atoms with Crippen molar-refractivity contribution in [3.63, 3.8) is 0 Å². The van der Waals surface area contributed by atoms with Crippen LogP contribution in [0.4, 0.5) is 5.69 Å². The molecule has 0 unspecified atom stereocenters. The van der Waals surface area contributed by atoms with Crippen molar-refractivity contribution in [2.45, 2.75) is 31.6 Å². The van der Waals surface area contributed by atoms with Crippen LogP contribution >= 0.6 is 0 Å². The van der Waals surface area contributed by atoms with Gasteiger partial charge in [0.2, 0.25) is 15.9 Å². The van der Waals surface area contributed by atoms with Crippen molar-refractivity contribution in [3.8, 4) is 11.5 Å². The molecular formula is C21H26N2O5S. The van der Waals surface area contributed by atoms with Crippen LogP contribution < -0.4 is 14.8 Å². The van der Waals surface area contributed by atoms with E-state index in [1.807, 2.05) is 12.1 Å². The lowest BCUT2D eigenvalue weighted by atomic mass is 10.1. The largest absolute Gasteiger partial charge is 0.486 e. The van der Waals surface area contributed by atoms with Crippen molar-refractivity contribution in [1.82, 2.24) is 4.31 Å². The Morgan fingerprint density at radius 2 is 1.72 bits per heavy atom. The number of likely N-dealkylation sites (N-methyl/N-ethyl adjacent to an activating group) is 1. The fourth-order valence-electron chi connectivity index (χ4n) is 3.11. The Labute approximate surface area is 171 Å². The van der Waals surface area contributed by atoms with Crippen molar-refractivity contribution >= 4 is 21.6 Å². The molecule has 0 atom stereocenters. The molecule has 0 fully saturated rings. The summed E-state index contributed by atoms with van der Waals surface area (Å²) in [5.41, 5.74) is 1.61. The summed E-state index contributed by atoms with van der Waals surface area (Å²) in [5, 5.41) is 2.73. The monoisotopic (exact) mass is 418 g/mol. The number of nitrogens with one attached hydrogen (secondary N) is 1. The predicted molar refractivity (Wildman–Crippen MR) is 111 cm³/mol. The Morgan fingerprint density at radius 1 is 1.03 bits per heavy atom. The number of nitrogens with zero attached hydrogens (tertiary/aromatic N) is 1. The SMILES string of the molecule is CCCc1ccc(S(=O)(=O)N(CC)CC(=O)Nc2ccc3c(c2)OCCO3)cc1. The Hall–Kier alpha value is -2.58. The third-order valence-corrected chi connectivity index (χ3v) is 6.53. The van der Waals surface area contributed by atoms with E-state index in [2.05, 4.69) is 12.2 Å². The normalized spacial score (nSPS) is 13.3. The quantitative estimate of drug-likeness (QED) is 0.712. The van der Waals surface area contributed by atoms with Crippen molar-refractivity contribution < 1.29 is 22.7 Å². The van der Waals surface area contributed by atoms with Crippen LogP contribution in [0.5, 0.6) is 11.5 Å². The number of sulfonamides is 1. The molecule has 0 bridgehead atoms. The highest BCUT2D eigenvalue weighted by Gasteiger charge is 2.25. The third-order valence-electron chi connectivity index (χ3n) is 4.60. The van der Waals surface area contributed by atoms with E-state index in [1.54, 1.807) is 37.3 Å². The molecule has 8 heteroatoms. The first kappa shape index (κ1) is 21.1. The molecule has 1 heterocycles. The average Bonchev–Trinajstić information content (AvgIpc) is 2.72. The van der Waals surface area contributed by atoms with Crippen LogP contribution in [-0.2, 0) is 21.2 Å². The lowest BCUT2D eigenvalue weighted by Gasteiger charge is -2.21. The maximum Gasteiger partial charge on any atom is 0.243 e. The lowest BCUT2D eigenvalue weighted by molar-refractivity contribution is -0.116. The van der Waals surface area contributed by atoms with Gasteiger partial charge in [-0.2, -0.15) is 4.31 Å². The highest BCUT2D eigenvalue weighted by molar-refractivity contribution is 7.89. The molecule has 0 spiro atoms. The molecule has 1 aliphatic heterocycles. The van der Waals surface area contributed by atoms with Crippen LogP contribution in [0.1, 0.15) is 25.8 Å². The van der Waals surface area contributed by atoms with Gasteiger partial charge in [-0.15, -0.1) is 0 Å². The van der Waals surface area contributed by atoms with Gasteiger partial charge in [-0.05, 0) is 36.2 Å². The number of anilines is 1. The zero-order valence-electron chi connectivity index (χ0n) is 16.7. The molecule has 0 saturated carbocycles. The Balaban J connectivity index is 1.68. The zero-order valence-corrected chi connectivity index (χ0v) is 17.5. The van der Waals surface area contributed by atoms with Crippen LogP contribution in [0.3, 0.4) is 0 Å². The molecule has 1 N–H and O–H groups in total. The van der Waals surface area contributed by atoms with Crippen LogP contribution in [0.25, 0.3) is 0 Å². The molecule has 29 heavy (non-hydrogen) atoms. The summed E-state index contributed by atoms with van der Waals surface area (Å²) in [5.74, 6) is 0.759. The number of ether oxygens (including phenoxy) is 2. The van der Waals surface area contributed by atoms with Crippen LogP contribution in [0.15, 0.2) is 47.4 Å². The minimum Gasteiger partial charge on any atom is -0.486 e. The van der Waals surface area contributed by atoms with Crippen molar-refractivity contribution in [3.05, 3.63) is 48.0 Å². The molecule has 156 valence electrons. The first-order chi connectivity index (χ1) is 13.9. The number of amides is 1. The van der Waals surface area contributed by atoms with Crippen molar-refractivity contribution in [1.29, 1.82) is 0 Å². The Kier molecular flexibility index (Phi) is 6.76. The topological polar surface area (TPSA) is 84.9 Å². The van der Waals surface area contributed by atoms with Gasteiger partial charge in [0.05, 0.1) is 11.4 Å². The van der Waals surface area contributed by atoms with Crippen molar-refractivity contribution in [2.75, 3.05) is 31.6 Å². The molecule has 1 aliphatic rings. The van der Waals surface area contributed by atoms with E-state index in [0.717, 1.165) is 22.7 Å². The van der Waals surface area contributed by atoms with Crippen LogP contribution in [-0.4, -0.2) is 44.9 Å². The summed E-state index contributed by atoms with van der Waals surface area (Å²) in [6.07, 6.45) is 1.89. The number of benzene rings is 2. The van der Waals surface area contributed by atoms with Gasteiger partial charge in [-0.1, -0.05) is 32.4 Å². The predicted octanol–water partition coefficient (Wildman–Crippen LogP) is 3.06. The minimum absolute atomic E-state index is 0.186. The van der Waals surface area contributed by atoms with E-state index in [1.165, 1.54) is 0 Å². The van der Waals surface area contributed by atoms with E-state index in [4.69, 9.17) is 9.47 Å². The van der Waals surface area contributed by atoms with E-state index in [9.17, 15) is 13.2 Å². The van der Waals surface area contributed by atoms with Crippen molar-refractivity contribution in [2.24, 2.45) is 0 Å². The summed E-state index contributed by atoms with van der Waals surface area (Å²) in [6.45, 7) is 4.63. The third kappa shape index (κ3) is 5.07. The molecular weight excluding hydrogens is 392 g/mol. The van der Waals surface area contributed by atoms with Gasteiger partial charge in [-0.3, -0.25) is 4.79 Å². The summed E-state index contributed by atoms with van der Waals surface area (Å²) in [7, 11) is -3.76. The fraction of sp³-hybridized carbons (Fsp3) is 0.381. The number of rotatable bonds is 8. The van der Waals surface area contributed by atoms with Gasteiger partial charge in [0, 0.05) is 18.3 Å². The number of fused-ring (bicyclic) bond motifs is 1. The highest BCUT2D eigenvalue weighted by atomic mass is 32.2. The molecule has 0 radical (unpaired) electrons. The smallest absolute Gasteiger partial charge is 0.243 e. The summed E-state index contributed by atoms with van der Waals surface area (Å²) in [4.78, 5) is 12.7. The number of carbonyl (C=O) groups is 1. The molecule has 1 amide bonds. The second-order valence-electron chi connectivity index (χ2n) is 6.73. The number of hydrogen-bond donors (Lipinski definition) is 1. The van der Waals surface area contributed by atoms with Gasteiger partial charge >= 0.3 is 0 Å². The zero-order chi connectivity index (χ0) is 20.9. The maximum absolute atomic E-state index is 12.9. The van der Waals surface area contributed by atoms with Crippen LogP contribution in [0.2, 0.25) is 0 Å². The molecule has 2 aromatic carbocycles. The number of aryl methyl sites for hydroxylation is 1. The minimum atomic E-state index is -3.76. The van der Waals surface area contributed by atoms with E-state index < -0.39 is 15.9 Å². The Morgan fingerprint density at radius 3 is 2.38 bits per heavy atom. The second-order valence-corrected chi connectivity index (χ2v) is 8.67. The van der Waals surface area contributed by atoms with Gasteiger partial charge in [0.25, 0.3) is 0 Å². The van der Waals surface area contributed by atoms with Gasteiger partial charge in [0.1, 0.15) is 13.2 Å². The second kappa shape index (κ2) is 9.28. The molecule has 2 aromatic rings. The maximum atomic E-state index is 12.9. The Bertz CT molecular complexity index is 958. The van der Waals surface area contributed by atoms with E-state index in [-0.39, 0.29) is 18.0 Å². The van der Waals surface area contributed by atoms with Gasteiger partial charge < -0.3 is 14.8 Å². The average molecular weight is 419 g/mol. The highest BCUT2D eigenvalue weighted by Crippen LogP contribution is 2.32. The number of carbonyl (C=O) groups excluding carboxylic acids is 1. The van der Waals surface area contributed by atoms with Crippen LogP contribution in [0, 0.1) is 0 Å². The lowest BCUT2D eigenvalue weighted by Crippen LogP contribution is -2.37. The van der Waals surface area contributed by atoms with E-state index in [0.29, 0.717) is 30.4 Å². The number of hydrogen-bond acceptors (Lipinski definition) is 5. The standard InChI is InChI=1S/C21H26N2O5S/c1-3-5-16-6-9-18(10-7-16)29(25,26)23(4-2)15-21(24)22-17-8-11-19-20(14-17)28-13-12-27-19/h6-11,14H,3-5,12-13,15H2,1-2H3,(H,22,24). The molecule has 7 nitrogen and oxygen atoms in total. The first-order valence-electron chi connectivity index (χ1n) is 9.72. The molecule has 3 rings (SSSR count). The molecule has 0 aliphatic carbocycles. The summed E-state index contributed by atoms with van der Waals surface area (Å²) >= 11 is 0. The molecule has 0 aromatic heterocycles. The fourth-order valence-corrected chi connectivity index (χ4v) is 4.52. The summed E-state index contributed by atoms with van der Waals surface area (Å²) < 4.78 is 38.0. The van der Waals surface area contributed by atoms with E-state index >= 15 is 0 Å². The summed E-state index contributed by atoms with van der Waals surface area (Å²) in [6, 6.07) is 11.9. The molecule has 0 saturated heterocycles. The van der Waals surface area contributed by atoms with Gasteiger partial charge in [-0.25, -0.2) is 8.42 Å².